The van der Waals surface area contributed by atoms with Crippen LogP contribution in [0.25, 0.3) is 0 Å². The number of aryl methyl sites for hydroxylation is 1. The average Bonchev–Trinajstić information content (AvgIpc) is 3.13. The molecule has 1 heterocycles. The minimum atomic E-state index is -0.862. The lowest BCUT2D eigenvalue weighted by molar-refractivity contribution is -0.158. The molecule has 0 bridgehead atoms. The van der Waals surface area contributed by atoms with Crippen molar-refractivity contribution < 1.29 is 19.1 Å². The summed E-state index contributed by atoms with van der Waals surface area (Å²) in [5.74, 6) is 3.60. The van der Waals surface area contributed by atoms with Crippen molar-refractivity contribution >= 4 is 41.1 Å². The Hall–Kier alpha value is -3.40. The maximum atomic E-state index is 12.7. The number of ether oxygens (including phenoxy) is 1. The fourth-order valence-corrected chi connectivity index (χ4v) is 3.69. The molecule has 9 nitrogen and oxygen atoms in total. The van der Waals surface area contributed by atoms with Crippen LogP contribution in [0.3, 0.4) is 0 Å². The van der Waals surface area contributed by atoms with Crippen LogP contribution in [0.1, 0.15) is 41.6 Å². The van der Waals surface area contributed by atoms with E-state index in [1.54, 1.807) is 45.0 Å². The highest BCUT2D eigenvalue weighted by molar-refractivity contribution is 7.10. The van der Waals surface area contributed by atoms with E-state index in [4.69, 9.17) is 10.6 Å². The summed E-state index contributed by atoms with van der Waals surface area (Å²) in [5, 5.41) is 13.3. The summed E-state index contributed by atoms with van der Waals surface area (Å²) in [6, 6.07) is 7.72. The number of amides is 2. The number of nitrogens with one attached hydrogen (secondary N) is 3. The van der Waals surface area contributed by atoms with Gasteiger partial charge in [0.25, 0.3) is 5.91 Å². The van der Waals surface area contributed by atoms with Crippen molar-refractivity contribution in [1.29, 1.82) is 0 Å². The van der Waals surface area contributed by atoms with E-state index < -0.39 is 29.4 Å². The summed E-state index contributed by atoms with van der Waals surface area (Å²) < 4.78 is 5.47. The van der Waals surface area contributed by atoms with Crippen LogP contribution >= 0.6 is 11.3 Å². The molecule has 0 spiro atoms. The molecule has 5 N–H and O–H groups in total. The molecule has 1 atom stereocenters. The van der Waals surface area contributed by atoms with E-state index in [1.807, 2.05) is 18.4 Å². The van der Waals surface area contributed by atoms with E-state index in [9.17, 15) is 14.4 Å². The van der Waals surface area contributed by atoms with Crippen LogP contribution in [0.4, 0.5) is 5.69 Å². The van der Waals surface area contributed by atoms with Gasteiger partial charge in [-0.2, -0.15) is 5.10 Å². The topological polar surface area (TPSA) is 135 Å². The van der Waals surface area contributed by atoms with Crippen molar-refractivity contribution in [2.24, 2.45) is 10.9 Å². The lowest BCUT2D eigenvalue weighted by atomic mass is 10.1. The van der Waals surface area contributed by atoms with Gasteiger partial charge in [0.2, 0.25) is 5.91 Å². The van der Waals surface area contributed by atoms with E-state index in [2.05, 4.69) is 21.1 Å². The first-order chi connectivity index (χ1) is 15.1. The molecule has 0 fully saturated rings. The van der Waals surface area contributed by atoms with Crippen molar-refractivity contribution in [3.8, 4) is 0 Å². The molecule has 2 aromatic rings. The second-order valence-electron chi connectivity index (χ2n) is 8.07. The van der Waals surface area contributed by atoms with Gasteiger partial charge in [-0.3, -0.25) is 9.59 Å². The highest BCUT2D eigenvalue weighted by atomic mass is 32.1. The minimum Gasteiger partial charge on any atom is -0.458 e. The van der Waals surface area contributed by atoms with Crippen LogP contribution in [0.5, 0.6) is 0 Å². The lowest BCUT2D eigenvalue weighted by Crippen LogP contribution is -2.48. The van der Waals surface area contributed by atoms with Crippen molar-refractivity contribution in [2.75, 3.05) is 11.9 Å². The second kappa shape index (κ2) is 11.3. The molecule has 1 aromatic heterocycles. The number of carbonyl (C=O) groups excluding carboxylic acids is 3. The van der Waals surface area contributed by atoms with Crippen LogP contribution < -0.4 is 21.8 Å². The quantitative estimate of drug-likeness (QED) is 0.149. The molecule has 172 valence electrons. The molecule has 0 aliphatic rings. The third-order valence-corrected chi connectivity index (χ3v) is 5.27. The molecule has 0 saturated heterocycles. The number of nitrogens with zero attached hydrogens (tertiary/aromatic N) is 1. The zero-order chi connectivity index (χ0) is 23.7. The van der Waals surface area contributed by atoms with Gasteiger partial charge in [0.1, 0.15) is 18.0 Å². The van der Waals surface area contributed by atoms with Gasteiger partial charge < -0.3 is 26.5 Å². The smallest absolute Gasteiger partial charge is 0.329 e. The maximum absolute atomic E-state index is 12.7. The predicted octanol–water partition coefficient (Wildman–Crippen LogP) is 2.17. The molecule has 10 heteroatoms. The number of benzene rings is 1. The number of nitrogens with two attached hydrogens (primary N) is 1. The fraction of sp³-hybridized carbons (Fsp3) is 0.364. The van der Waals surface area contributed by atoms with Crippen LogP contribution in [-0.4, -0.2) is 42.3 Å². The Bertz CT molecular complexity index is 981. The third kappa shape index (κ3) is 8.03. The van der Waals surface area contributed by atoms with E-state index in [0.29, 0.717) is 17.7 Å². The Morgan fingerprint density at radius 3 is 2.62 bits per heavy atom. The van der Waals surface area contributed by atoms with Gasteiger partial charge in [0.05, 0.1) is 6.54 Å². The van der Waals surface area contributed by atoms with Gasteiger partial charge in [-0.25, -0.2) is 4.79 Å². The average molecular weight is 460 g/mol. The van der Waals surface area contributed by atoms with E-state index in [1.165, 1.54) is 17.7 Å². The molecule has 1 unspecified atom stereocenters. The number of anilines is 1. The fourth-order valence-electron chi connectivity index (χ4n) is 2.73. The molecule has 1 aromatic carbocycles. The summed E-state index contributed by atoms with van der Waals surface area (Å²) in [7, 11) is 0. The summed E-state index contributed by atoms with van der Waals surface area (Å²) in [5.41, 5.74) is 1.32. The highest BCUT2D eigenvalue weighted by Gasteiger charge is 2.28. The minimum absolute atomic E-state index is 0.288. The number of hydrazone groups is 1. The number of esters is 1. The Morgan fingerprint density at radius 1 is 1.25 bits per heavy atom. The van der Waals surface area contributed by atoms with Gasteiger partial charge in [0.15, 0.2) is 0 Å². The standard InChI is InChI=1S/C22H29N5O4S/c1-14-8-9-32-18(14)11-17(21(30)31-22(2,3)4)27-19(28)12-24-20(29)15-6-5-7-16(10-15)25-13-26-23/h5-10,13,17H,11-12,23H2,1-4H3,(H,24,29)(H,25,26)(H,27,28). The van der Waals surface area contributed by atoms with Crippen LogP contribution in [-0.2, 0) is 20.7 Å². The molecular weight excluding hydrogens is 430 g/mol. The molecule has 0 radical (unpaired) electrons. The zero-order valence-corrected chi connectivity index (χ0v) is 19.4. The Morgan fingerprint density at radius 2 is 2.00 bits per heavy atom. The summed E-state index contributed by atoms with van der Waals surface area (Å²) in [6.07, 6.45) is 1.60. The van der Waals surface area contributed by atoms with E-state index in [-0.39, 0.29) is 6.54 Å². The van der Waals surface area contributed by atoms with Crippen molar-refractivity contribution in [3.05, 3.63) is 51.7 Å². The molecule has 0 aliphatic carbocycles. The molecule has 2 amide bonds. The summed E-state index contributed by atoms with van der Waals surface area (Å²) in [6.45, 7) is 6.96. The number of hydrogen-bond acceptors (Lipinski definition) is 7. The molecular formula is C22H29N5O4S. The zero-order valence-electron chi connectivity index (χ0n) is 18.6. The maximum Gasteiger partial charge on any atom is 0.329 e. The SMILES string of the molecule is Cc1ccsc1CC(NC(=O)CNC(=O)c1cccc(NC=NN)c1)C(=O)OC(C)(C)C. The third-order valence-electron chi connectivity index (χ3n) is 4.22. The van der Waals surface area contributed by atoms with Crippen LogP contribution in [0.2, 0.25) is 0 Å². The van der Waals surface area contributed by atoms with Crippen LogP contribution in [0, 0.1) is 6.92 Å². The predicted molar refractivity (Wildman–Crippen MR) is 126 cm³/mol. The molecule has 0 aliphatic heterocycles. The van der Waals surface area contributed by atoms with E-state index in [0.717, 1.165) is 10.4 Å². The first-order valence-corrected chi connectivity index (χ1v) is 10.9. The van der Waals surface area contributed by atoms with Gasteiger partial charge in [-0.05, 0) is 62.9 Å². The normalized spacial score (nSPS) is 12.2. The molecule has 32 heavy (non-hydrogen) atoms. The Labute approximate surface area is 191 Å². The van der Waals surface area contributed by atoms with Crippen molar-refractivity contribution in [3.63, 3.8) is 0 Å². The first kappa shape index (κ1) is 24.9. The largest absolute Gasteiger partial charge is 0.458 e. The Kier molecular flexibility index (Phi) is 8.77. The second-order valence-corrected chi connectivity index (χ2v) is 9.07. The van der Waals surface area contributed by atoms with Crippen LogP contribution in [0.15, 0.2) is 40.8 Å². The summed E-state index contributed by atoms with van der Waals surface area (Å²) in [4.78, 5) is 38.6. The molecule has 2 rings (SSSR count). The van der Waals surface area contributed by atoms with E-state index >= 15 is 0 Å². The summed E-state index contributed by atoms with van der Waals surface area (Å²) >= 11 is 1.51. The lowest BCUT2D eigenvalue weighted by Gasteiger charge is -2.24. The first-order valence-electron chi connectivity index (χ1n) is 10.0. The number of carbonyl (C=O) groups is 3. The monoisotopic (exact) mass is 459 g/mol. The Balaban J connectivity index is 2.00. The number of rotatable bonds is 9. The van der Waals surface area contributed by atoms with Gasteiger partial charge in [-0.15, -0.1) is 11.3 Å². The number of thiophene rings is 1. The molecule has 0 saturated carbocycles. The van der Waals surface area contributed by atoms with Crippen molar-refractivity contribution in [1.82, 2.24) is 10.6 Å². The van der Waals surface area contributed by atoms with Gasteiger partial charge in [-0.1, -0.05) is 6.07 Å². The highest BCUT2D eigenvalue weighted by Crippen LogP contribution is 2.19. The number of hydrogen-bond donors (Lipinski definition) is 4. The van der Waals surface area contributed by atoms with Gasteiger partial charge >= 0.3 is 5.97 Å². The van der Waals surface area contributed by atoms with Crippen molar-refractivity contribution in [2.45, 2.75) is 45.8 Å². The van der Waals surface area contributed by atoms with Gasteiger partial charge in [0, 0.05) is 22.5 Å².